The van der Waals surface area contributed by atoms with E-state index in [-0.39, 0.29) is 6.42 Å². The van der Waals surface area contributed by atoms with Gasteiger partial charge in [-0.3, -0.25) is 4.79 Å². The van der Waals surface area contributed by atoms with Crippen molar-refractivity contribution in [2.75, 3.05) is 27.2 Å². The molecular weight excluding hydrogens is 374 g/mol. The summed E-state index contributed by atoms with van der Waals surface area (Å²) < 4.78 is 0.571. The van der Waals surface area contributed by atoms with Crippen molar-refractivity contribution in [2.24, 2.45) is 0 Å². The third kappa shape index (κ3) is 18.2. The maximum Gasteiger partial charge on any atom is 0.309 e. The fourth-order valence-electron chi connectivity index (χ4n) is 4.67. The topological polar surface area (TPSA) is 57.5 Å². The van der Waals surface area contributed by atoms with Gasteiger partial charge in [-0.2, -0.15) is 0 Å². The Morgan fingerprint density at radius 3 is 1.53 bits per heavy atom. The van der Waals surface area contributed by atoms with Gasteiger partial charge >= 0.3 is 5.97 Å². The number of unbranched alkanes of at least 4 members (excludes halogenated alkanes) is 13. The molecule has 1 unspecified atom stereocenters. The van der Waals surface area contributed by atoms with Gasteiger partial charge in [0.15, 0.2) is 0 Å². The van der Waals surface area contributed by atoms with Gasteiger partial charge in [0, 0.05) is 0 Å². The predicted molar refractivity (Wildman–Crippen MR) is 129 cm³/mol. The van der Waals surface area contributed by atoms with Crippen LogP contribution in [0.1, 0.15) is 129 Å². The van der Waals surface area contributed by atoms with Gasteiger partial charge in [0.05, 0.1) is 27.1 Å². The smallest absolute Gasteiger partial charge is 0.309 e. The summed E-state index contributed by atoms with van der Waals surface area (Å²) >= 11 is 0. The number of quaternary nitrogens is 1. The van der Waals surface area contributed by atoms with E-state index in [1.807, 2.05) is 14.1 Å². The summed E-state index contributed by atoms with van der Waals surface area (Å²) in [5, 5.41) is 20.1. The van der Waals surface area contributed by atoms with Crippen molar-refractivity contribution in [3.8, 4) is 0 Å². The van der Waals surface area contributed by atoms with Crippen LogP contribution in [0, 0.1) is 0 Å². The third-order valence-electron chi connectivity index (χ3n) is 6.36. The van der Waals surface area contributed by atoms with E-state index in [0.29, 0.717) is 17.6 Å². The second kappa shape index (κ2) is 18.0. The van der Waals surface area contributed by atoms with Crippen LogP contribution >= 0.6 is 0 Å². The van der Waals surface area contributed by atoms with Crippen molar-refractivity contribution >= 4 is 5.97 Å². The molecule has 0 spiro atoms. The van der Waals surface area contributed by atoms with E-state index in [1.54, 1.807) is 0 Å². The van der Waals surface area contributed by atoms with E-state index < -0.39 is 11.6 Å². The van der Waals surface area contributed by atoms with Crippen molar-refractivity contribution in [3.05, 3.63) is 0 Å². The number of hydrogen-bond donors (Lipinski definition) is 2. The Hall–Kier alpha value is -0.610. The lowest BCUT2D eigenvalue weighted by Crippen LogP contribution is -2.52. The highest BCUT2D eigenvalue weighted by molar-refractivity contribution is 5.66. The molecular formula is C26H54NO3+. The van der Waals surface area contributed by atoms with Crippen molar-refractivity contribution in [1.29, 1.82) is 0 Å². The second-order valence-electron chi connectivity index (χ2n) is 10.3. The summed E-state index contributed by atoms with van der Waals surface area (Å²) in [6, 6.07) is 0. The lowest BCUT2D eigenvalue weighted by Gasteiger charge is -2.38. The zero-order valence-corrected chi connectivity index (χ0v) is 20.9. The van der Waals surface area contributed by atoms with E-state index >= 15 is 0 Å². The number of aliphatic hydroxyl groups is 1. The number of carbonyl (C=O) groups is 1. The summed E-state index contributed by atoms with van der Waals surface area (Å²) in [6.45, 7) is 5.61. The molecule has 30 heavy (non-hydrogen) atoms. The first kappa shape index (κ1) is 29.4. The number of likely N-dealkylation sites (N-methyl/N-ethyl adjacent to an activating group) is 1. The van der Waals surface area contributed by atoms with Gasteiger partial charge in [0.1, 0.15) is 12.1 Å². The number of rotatable bonds is 22. The van der Waals surface area contributed by atoms with Gasteiger partial charge in [-0.15, -0.1) is 0 Å². The van der Waals surface area contributed by atoms with Gasteiger partial charge < -0.3 is 14.7 Å². The Morgan fingerprint density at radius 2 is 1.13 bits per heavy atom. The molecule has 4 heteroatoms. The van der Waals surface area contributed by atoms with E-state index in [4.69, 9.17) is 5.11 Å². The van der Waals surface area contributed by atoms with E-state index in [1.165, 1.54) is 83.5 Å². The van der Waals surface area contributed by atoms with Crippen LogP contribution < -0.4 is 0 Å². The standard InChI is InChI=1S/C26H53NO3/c1-5-7-8-9-10-11-12-13-14-15-16-17-18-19-22-26(30,21-6-2)24-27(3,4)23-20-25(28)29/h30H,5-24H2,1-4H3/p+1. The number of nitrogens with zero attached hydrogens (tertiary/aromatic N) is 1. The van der Waals surface area contributed by atoms with Gasteiger partial charge in [-0.25, -0.2) is 0 Å². The highest BCUT2D eigenvalue weighted by Gasteiger charge is 2.34. The monoisotopic (exact) mass is 428 g/mol. The molecule has 0 rings (SSSR count). The molecule has 0 aromatic heterocycles. The van der Waals surface area contributed by atoms with Crippen LogP contribution in [0.15, 0.2) is 0 Å². The normalized spacial score (nSPS) is 14.0. The van der Waals surface area contributed by atoms with Crippen LogP contribution in [0.3, 0.4) is 0 Å². The van der Waals surface area contributed by atoms with Crippen molar-refractivity contribution in [2.45, 2.75) is 135 Å². The number of carboxylic acids is 1. The van der Waals surface area contributed by atoms with Gasteiger partial charge in [-0.05, 0) is 12.8 Å². The van der Waals surface area contributed by atoms with Crippen LogP contribution in [-0.2, 0) is 4.79 Å². The minimum absolute atomic E-state index is 0.161. The third-order valence-corrected chi connectivity index (χ3v) is 6.36. The van der Waals surface area contributed by atoms with Gasteiger partial charge in [0.25, 0.3) is 0 Å². The molecule has 0 bridgehead atoms. The molecule has 0 fully saturated rings. The molecule has 180 valence electrons. The Kier molecular flexibility index (Phi) is 17.6. The van der Waals surface area contributed by atoms with Crippen LogP contribution in [0.2, 0.25) is 0 Å². The molecule has 0 saturated heterocycles. The van der Waals surface area contributed by atoms with Crippen molar-refractivity contribution < 1.29 is 19.5 Å². The van der Waals surface area contributed by atoms with Crippen molar-refractivity contribution in [1.82, 2.24) is 0 Å². The van der Waals surface area contributed by atoms with Gasteiger partial charge in [0.2, 0.25) is 0 Å². The minimum atomic E-state index is -0.757. The molecule has 0 saturated carbocycles. The van der Waals surface area contributed by atoms with Crippen LogP contribution in [-0.4, -0.2) is 53.5 Å². The zero-order chi connectivity index (χ0) is 22.7. The fourth-order valence-corrected chi connectivity index (χ4v) is 4.67. The van der Waals surface area contributed by atoms with Crippen LogP contribution in [0.5, 0.6) is 0 Å². The molecule has 0 aliphatic heterocycles. The molecule has 1 atom stereocenters. The van der Waals surface area contributed by atoms with E-state index in [0.717, 1.165) is 25.7 Å². The Morgan fingerprint density at radius 1 is 0.700 bits per heavy atom. The van der Waals surface area contributed by atoms with Crippen molar-refractivity contribution in [3.63, 3.8) is 0 Å². The summed E-state index contributed by atoms with van der Waals surface area (Å²) in [4.78, 5) is 10.9. The number of hydrogen-bond acceptors (Lipinski definition) is 2. The molecule has 0 heterocycles. The van der Waals surface area contributed by atoms with E-state index in [9.17, 15) is 9.90 Å². The molecule has 0 radical (unpaired) electrons. The average Bonchev–Trinajstić information content (AvgIpc) is 2.66. The lowest BCUT2D eigenvalue weighted by molar-refractivity contribution is -0.896. The second-order valence-corrected chi connectivity index (χ2v) is 10.3. The molecule has 0 amide bonds. The first-order valence-corrected chi connectivity index (χ1v) is 13.0. The largest absolute Gasteiger partial charge is 0.481 e. The Labute approximate surface area is 188 Å². The molecule has 0 aliphatic rings. The maximum absolute atomic E-state index is 11.1. The first-order chi connectivity index (χ1) is 14.2. The molecule has 4 nitrogen and oxygen atoms in total. The molecule has 0 aromatic carbocycles. The molecule has 2 N–H and O–H groups in total. The van der Waals surface area contributed by atoms with E-state index in [2.05, 4.69) is 13.8 Å². The highest BCUT2D eigenvalue weighted by atomic mass is 16.4. The average molecular weight is 429 g/mol. The summed E-state index contributed by atoms with van der Waals surface area (Å²) in [7, 11) is 4.07. The zero-order valence-electron chi connectivity index (χ0n) is 20.9. The van der Waals surface area contributed by atoms with Gasteiger partial charge in [-0.1, -0.05) is 110 Å². The number of carboxylic acid groups (broad SMARTS) is 1. The molecule has 0 aliphatic carbocycles. The van der Waals surface area contributed by atoms with Crippen LogP contribution in [0.25, 0.3) is 0 Å². The first-order valence-electron chi connectivity index (χ1n) is 13.0. The minimum Gasteiger partial charge on any atom is -0.481 e. The lowest BCUT2D eigenvalue weighted by atomic mass is 9.89. The summed E-state index contributed by atoms with van der Waals surface area (Å²) in [6.07, 6.45) is 21.6. The highest BCUT2D eigenvalue weighted by Crippen LogP contribution is 2.25. The summed E-state index contributed by atoms with van der Waals surface area (Å²) in [5.74, 6) is -0.757. The SMILES string of the molecule is CCCCCCCCCCCCCCCCC(O)(CCC)C[N+](C)(C)CCC(=O)O. The Balaban J connectivity index is 3.82. The molecule has 0 aromatic rings. The fraction of sp³-hybridized carbons (Fsp3) is 0.962. The van der Waals surface area contributed by atoms with Crippen LogP contribution in [0.4, 0.5) is 0 Å². The summed E-state index contributed by atoms with van der Waals surface area (Å²) in [5.41, 5.74) is -0.659. The Bertz CT molecular complexity index is 411. The number of aliphatic carboxylic acids is 1. The maximum atomic E-state index is 11.1. The predicted octanol–water partition coefficient (Wildman–Crippen LogP) is 6.94. The quantitative estimate of drug-likeness (QED) is 0.145.